The van der Waals surface area contributed by atoms with Crippen molar-refractivity contribution in [2.24, 2.45) is 0 Å². The number of halogens is 1. The maximum absolute atomic E-state index is 12.8. The Balaban J connectivity index is 2.57. The van der Waals surface area contributed by atoms with Gasteiger partial charge < -0.3 is 5.32 Å². The van der Waals surface area contributed by atoms with Gasteiger partial charge in [0.15, 0.2) is 0 Å². The third kappa shape index (κ3) is 4.26. The van der Waals surface area contributed by atoms with Crippen LogP contribution in [0.4, 0.5) is 4.39 Å². The first-order chi connectivity index (χ1) is 7.09. The number of aryl methyl sites for hydroxylation is 1. The van der Waals surface area contributed by atoms with Crippen LogP contribution < -0.4 is 5.32 Å². The Morgan fingerprint density at radius 1 is 1.40 bits per heavy atom. The van der Waals surface area contributed by atoms with Crippen molar-refractivity contribution in [3.8, 4) is 0 Å². The van der Waals surface area contributed by atoms with Gasteiger partial charge in [-0.1, -0.05) is 32.1 Å². The zero-order valence-electron chi connectivity index (χ0n) is 9.55. The second-order valence-corrected chi connectivity index (χ2v) is 3.97. The minimum atomic E-state index is -0.176. The highest BCUT2D eigenvalue weighted by atomic mass is 19.1. The molecule has 0 spiro atoms. The molecule has 0 radical (unpaired) electrons. The van der Waals surface area contributed by atoms with E-state index in [1.807, 2.05) is 13.0 Å². The monoisotopic (exact) mass is 207 g/mol. The molecule has 0 aliphatic carbocycles. The lowest BCUT2D eigenvalue weighted by molar-refractivity contribution is 0.626. The quantitative estimate of drug-likeness (QED) is 0.799. The highest BCUT2D eigenvalue weighted by molar-refractivity contribution is 5.53. The molecule has 1 aromatic carbocycles. The molecule has 1 nitrogen and oxygen atoms in total. The number of benzene rings is 1. The molecule has 0 atom stereocenters. The zero-order valence-corrected chi connectivity index (χ0v) is 9.55. The van der Waals surface area contributed by atoms with Gasteiger partial charge in [0.05, 0.1) is 0 Å². The number of hydrogen-bond acceptors (Lipinski definition) is 1. The summed E-state index contributed by atoms with van der Waals surface area (Å²) in [5, 5.41) is 3.29. The summed E-state index contributed by atoms with van der Waals surface area (Å²) < 4.78 is 12.8. The molecule has 15 heavy (non-hydrogen) atoms. The van der Waals surface area contributed by atoms with Crippen molar-refractivity contribution in [2.75, 3.05) is 6.54 Å². The van der Waals surface area contributed by atoms with Gasteiger partial charge in [0.2, 0.25) is 0 Å². The standard InChI is InChI=1S/C13H18FN/c1-10(2)15-8-4-5-12-6-7-13(14)9-11(12)3/h4-7,9-10,15H,8H2,1-3H3. The maximum atomic E-state index is 12.8. The lowest BCUT2D eigenvalue weighted by atomic mass is 10.1. The van der Waals surface area contributed by atoms with E-state index in [1.54, 1.807) is 12.1 Å². The first kappa shape index (κ1) is 11.9. The van der Waals surface area contributed by atoms with E-state index in [0.29, 0.717) is 6.04 Å². The fourth-order valence-electron chi connectivity index (χ4n) is 1.32. The van der Waals surface area contributed by atoms with Crippen molar-refractivity contribution in [3.63, 3.8) is 0 Å². The smallest absolute Gasteiger partial charge is 0.123 e. The fraction of sp³-hybridized carbons (Fsp3) is 0.385. The van der Waals surface area contributed by atoms with Crippen molar-refractivity contribution in [1.29, 1.82) is 0 Å². The molecule has 1 rings (SSSR count). The molecule has 0 aliphatic rings. The normalized spacial score (nSPS) is 11.5. The largest absolute Gasteiger partial charge is 0.311 e. The highest BCUT2D eigenvalue weighted by Crippen LogP contribution is 2.11. The van der Waals surface area contributed by atoms with Crippen LogP contribution in [-0.2, 0) is 0 Å². The summed E-state index contributed by atoms with van der Waals surface area (Å²) in [6.45, 7) is 6.97. The van der Waals surface area contributed by atoms with E-state index in [4.69, 9.17) is 0 Å². The Morgan fingerprint density at radius 2 is 2.13 bits per heavy atom. The summed E-state index contributed by atoms with van der Waals surface area (Å²) in [6, 6.07) is 5.33. The summed E-state index contributed by atoms with van der Waals surface area (Å²) in [6.07, 6.45) is 4.07. The third-order valence-corrected chi connectivity index (χ3v) is 2.17. The Morgan fingerprint density at radius 3 is 2.73 bits per heavy atom. The minimum Gasteiger partial charge on any atom is -0.311 e. The second kappa shape index (κ2) is 5.66. The average Bonchev–Trinajstić information content (AvgIpc) is 2.14. The Kier molecular flexibility index (Phi) is 4.50. The summed E-state index contributed by atoms with van der Waals surface area (Å²) >= 11 is 0. The van der Waals surface area contributed by atoms with Gasteiger partial charge in [0.25, 0.3) is 0 Å². The van der Waals surface area contributed by atoms with Crippen molar-refractivity contribution in [2.45, 2.75) is 26.8 Å². The molecule has 2 heteroatoms. The Labute approximate surface area is 91.0 Å². The predicted molar refractivity (Wildman–Crippen MR) is 63.3 cm³/mol. The summed E-state index contributed by atoms with van der Waals surface area (Å²) in [7, 11) is 0. The molecule has 0 heterocycles. The van der Waals surface area contributed by atoms with Crippen molar-refractivity contribution >= 4 is 6.08 Å². The van der Waals surface area contributed by atoms with E-state index in [1.165, 1.54) is 6.07 Å². The van der Waals surface area contributed by atoms with Crippen LogP contribution in [0.1, 0.15) is 25.0 Å². The zero-order chi connectivity index (χ0) is 11.3. The van der Waals surface area contributed by atoms with Gasteiger partial charge >= 0.3 is 0 Å². The molecular formula is C13H18FN. The van der Waals surface area contributed by atoms with E-state index < -0.39 is 0 Å². The minimum absolute atomic E-state index is 0.176. The number of hydrogen-bond donors (Lipinski definition) is 1. The van der Waals surface area contributed by atoms with Gasteiger partial charge in [0.1, 0.15) is 5.82 Å². The first-order valence-electron chi connectivity index (χ1n) is 5.25. The van der Waals surface area contributed by atoms with Gasteiger partial charge in [-0.2, -0.15) is 0 Å². The van der Waals surface area contributed by atoms with Crippen LogP contribution in [-0.4, -0.2) is 12.6 Å². The third-order valence-electron chi connectivity index (χ3n) is 2.17. The summed E-state index contributed by atoms with van der Waals surface area (Å²) in [5.74, 6) is -0.176. The lowest BCUT2D eigenvalue weighted by Crippen LogP contribution is -2.22. The van der Waals surface area contributed by atoms with Crippen LogP contribution in [0.3, 0.4) is 0 Å². The molecule has 0 unspecified atom stereocenters. The molecule has 82 valence electrons. The number of rotatable bonds is 4. The fourth-order valence-corrected chi connectivity index (χ4v) is 1.32. The lowest BCUT2D eigenvalue weighted by Gasteiger charge is -2.04. The van der Waals surface area contributed by atoms with Crippen LogP contribution in [0.5, 0.6) is 0 Å². The molecule has 0 saturated carbocycles. The van der Waals surface area contributed by atoms with E-state index >= 15 is 0 Å². The van der Waals surface area contributed by atoms with Crippen molar-refractivity contribution < 1.29 is 4.39 Å². The second-order valence-electron chi connectivity index (χ2n) is 3.97. The van der Waals surface area contributed by atoms with Crippen LogP contribution in [0.15, 0.2) is 24.3 Å². The molecule has 0 aliphatic heterocycles. The molecule has 1 aromatic rings. The van der Waals surface area contributed by atoms with Gasteiger partial charge in [-0.3, -0.25) is 0 Å². The van der Waals surface area contributed by atoms with Crippen LogP contribution >= 0.6 is 0 Å². The van der Waals surface area contributed by atoms with E-state index in [9.17, 15) is 4.39 Å². The van der Waals surface area contributed by atoms with E-state index in [-0.39, 0.29) is 5.82 Å². The number of nitrogens with one attached hydrogen (secondary N) is 1. The summed E-state index contributed by atoms with van der Waals surface area (Å²) in [4.78, 5) is 0. The highest BCUT2D eigenvalue weighted by Gasteiger charge is 1.95. The molecule has 0 saturated heterocycles. The molecule has 1 N–H and O–H groups in total. The van der Waals surface area contributed by atoms with Gasteiger partial charge in [-0.15, -0.1) is 0 Å². The topological polar surface area (TPSA) is 12.0 Å². The predicted octanol–water partition coefficient (Wildman–Crippen LogP) is 3.15. The van der Waals surface area contributed by atoms with Crippen LogP contribution in [0.2, 0.25) is 0 Å². The van der Waals surface area contributed by atoms with Gasteiger partial charge in [-0.05, 0) is 30.2 Å². The van der Waals surface area contributed by atoms with E-state index in [2.05, 4.69) is 25.2 Å². The summed E-state index contributed by atoms with van der Waals surface area (Å²) in [5.41, 5.74) is 2.04. The van der Waals surface area contributed by atoms with Crippen LogP contribution in [0, 0.1) is 12.7 Å². The Bertz CT molecular complexity index is 342. The Hall–Kier alpha value is -1.15. The molecular weight excluding hydrogens is 189 g/mol. The SMILES string of the molecule is Cc1cc(F)ccc1C=CCNC(C)C. The average molecular weight is 207 g/mol. The van der Waals surface area contributed by atoms with Crippen molar-refractivity contribution in [1.82, 2.24) is 5.32 Å². The molecule has 0 fully saturated rings. The molecule has 0 bridgehead atoms. The first-order valence-corrected chi connectivity index (χ1v) is 5.25. The van der Waals surface area contributed by atoms with E-state index in [0.717, 1.165) is 17.7 Å². The maximum Gasteiger partial charge on any atom is 0.123 e. The van der Waals surface area contributed by atoms with Crippen LogP contribution in [0.25, 0.3) is 6.08 Å². The van der Waals surface area contributed by atoms with Gasteiger partial charge in [0, 0.05) is 12.6 Å². The molecule has 0 aromatic heterocycles. The van der Waals surface area contributed by atoms with Crippen molar-refractivity contribution in [3.05, 3.63) is 41.2 Å². The molecule has 0 amide bonds. The van der Waals surface area contributed by atoms with Gasteiger partial charge in [-0.25, -0.2) is 4.39 Å².